The molecule has 0 atom stereocenters. The summed E-state index contributed by atoms with van der Waals surface area (Å²) in [6, 6.07) is 12.7. The standard InChI is InChI=1S/C18H16N2O2/c1-11-5-3-7-15(12(11)2)20-18(22)14-9-8-13-6-4-10-19-16(13)17(14)21/h3-10,21H,1-2H3,(H,20,22). The van der Waals surface area contributed by atoms with Crippen LogP contribution in [0.3, 0.4) is 0 Å². The normalized spacial score (nSPS) is 10.6. The maximum absolute atomic E-state index is 12.4. The van der Waals surface area contributed by atoms with Crippen LogP contribution in [-0.2, 0) is 0 Å². The van der Waals surface area contributed by atoms with Gasteiger partial charge in [-0.15, -0.1) is 0 Å². The molecule has 22 heavy (non-hydrogen) atoms. The quantitative estimate of drug-likeness (QED) is 0.755. The molecule has 0 fully saturated rings. The Bertz CT molecular complexity index is 872. The second kappa shape index (κ2) is 5.48. The number of carbonyl (C=O) groups is 1. The number of carbonyl (C=O) groups excluding carboxylic acids is 1. The minimum Gasteiger partial charge on any atom is -0.505 e. The Morgan fingerprint density at radius 3 is 2.73 bits per heavy atom. The van der Waals surface area contributed by atoms with E-state index in [0.717, 1.165) is 22.2 Å². The zero-order chi connectivity index (χ0) is 15.7. The van der Waals surface area contributed by atoms with Crippen LogP contribution in [0.1, 0.15) is 21.5 Å². The summed E-state index contributed by atoms with van der Waals surface area (Å²) < 4.78 is 0. The molecule has 0 spiro atoms. The number of aryl methyl sites for hydroxylation is 1. The lowest BCUT2D eigenvalue weighted by molar-refractivity contribution is 0.102. The number of hydrogen-bond acceptors (Lipinski definition) is 3. The molecular formula is C18H16N2O2. The van der Waals surface area contributed by atoms with Crippen LogP contribution >= 0.6 is 0 Å². The number of amides is 1. The second-order valence-corrected chi connectivity index (χ2v) is 5.24. The highest BCUT2D eigenvalue weighted by molar-refractivity contribution is 6.09. The van der Waals surface area contributed by atoms with Crippen molar-refractivity contribution >= 4 is 22.5 Å². The molecule has 1 aromatic heterocycles. The van der Waals surface area contributed by atoms with Gasteiger partial charge >= 0.3 is 0 Å². The van der Waals surface area contributed by atoms with Crippen molar-refractivity contribution in [3.8, 4) is 5.75 Å². The van der Waals surface area contributed by atoms with Gasteiger partial charge in [-0.25, -0.2) is 0 Å². The van der Waals surface area contributed by atoms with Gasteiger partial charge in [0.05, 0.1) is 5.56 Å². The molecule has 0 bridgehead atoms. The van der Waals surface area contributed by atoms with Crippen molar-refractivity contribution in [3.05, 3.63) is 65.4 Å². The number of pyridine rings is 1. The summed E-state index contributed by atoms with van der Waals surface area (Å²) in [7, 11) is 0. The number of phenols is 1. The van der Waals surface area contributed by atoms with E-state index in [2.05, 4.69) is 10.3 Å². The van der Waals surface area contributed by atoms with E-state index in [9.17, 15) is 9.90 Å². The van der Waals surface area contributed by atoms with Gasteiger partial charge in [0.25, 0.3) is 5.91 Å². The van der Waals surface area contributed by atoms with Crippen molar-refractivity contribution in [3.63, 3.8) is 0 Å². The smallest absolute Gasteiger partial charge is 0.259 e. The fraction of sp³-hybridized carbons (Fsp3) is 0.111. The Morgan fingerprint density at radius 2 is 1.91 bits per heavy atom. The maximum Gasteiger partial charge on any atom is 0.259 e. The number of nitrogens with one attached hydrogen (secondary N) is 1. The van der Waals surface area contributed by atoms with Crippen molar-refractivity contribution in [1.82, 2.24) is 4.98 Å². The Labute approximate surface area is 128 Å². The number of fused-ring (bicyclic) bond motifs is 1. The van der Waals surface area contributed by atoms with E-state index in [4.69, 9.17) is 0 Å². The summed E-state index contributed by atoms with van der Waals surface area (Å²) in [6.45, 7) is 3.94. The molecule has 2 N–H and O–H groups in total. The van der Waals surface area contributed by atoms with Crippen molar-refractivity contribution in [2.24, 2.45) is 0 Å². The van der Waals surface area contributed by atoms with E-state index in [1.54, 1.807) is 24.4 Å². The highest BCUT2D eigenvalue weighted by Crippen LogP contribution is 2.28. The van der Waals surface area contributed by atoms with Crippen LogP contribution < -0.4 is 5.32 Å². The van der Waals surface area contributed by atoms with Crippen LogP contribution in [0, 0.1) is 13.8 Å². The van der Waals surface area contributed by atoms with Gasteiger partial charge in [-0.3, -0.25) is 9.78 Å². The fourth-order valence-electron chi connectivity index (χ4n) is 2.39. The van der Waals surface area contributed by atoms with Crippen molar-refractivity contribution < 1.29 is 9.90 Å². The van der Waals surface area contributed by atoms with Crippen LogP contribution in [0.4, 0.5) is 5.69 Å². The third kappa shape index (κ3) is 2.39. The molecule has 0 saturated heterocycles. The molecular weight excluding hydrogens is 276 g/mol. The first-order valence-corrected chi connectivity index (χ1v) is 7.02. The molecule has 0 aliphatic carbocycles. The molecule has 1 heterocycles. The van der Waals surface area contributed by atoms with E-state index in [-0.39, 0.29) is 17.2 Å². The minimum atomic E-state index is -0.348. The number of benzene rings is 2. The summed E-state index contributed by atoms with van der Waals surface area (Å²) in [5, 5.41) is 13.9. The van der Waals surface area contributed by atoms with Gasteiger partial charge in [0.15, 0.2) is 5.75 Å². The van der Waals surface area contributed by atoms with Crippen molar-refractivity contribution in [2.45, 2.75) is 13.8 Å². The fourth-order valence-corrected chi connectivity index (χ4v) is 2.39. The SMILES string of the molecule is Cc1cccc(NC(=O)c2ccc3cccnc3c2O)c1C. The van der Waals surface area contributed by atoms with E-state index < -0.39 is 0 Å². The lowest BCUT2D eigenvalue weighted by atomic mass is 10.1. The second-order valence-electron chi connectivity index (χ2n) is 5.24. The van der Waals surface area contributed by atoms with Crippen molar-refractivity contribution in [1.29, 1.82) is 0 Å². The zero-order valence-electron chi connectivity index (χ0n) is 12.4. The first-order chi connectivity index (χ1) is 10.6. The molecule has 110 valence electrons. The highest BCUT2D eigenvalue weighted by atomic mass is 16.3. The van der Waals surface area contributed by atoms with Crippen LogP contribution in [0.2, 0.25) is 0 Å². The third-order valence-corrected chi connectivity index (χ3v) is 3.85. The van der Waals surface area contributed by atoms with Gasteiger partial charge in [-0.1, -0.05) is 24.3 Å². The van der Waals surface area contributed by atoms with Crippen LogP contribution in [-0.4, -0.2) is 16.0 Å². The molecule has 0 aliphatic heterocycles. The van der Waals surface area contributed by atoms with Gasteiger partial charge < -0.3 is 10.4 Å². The van der Waals surface area contributed by atoms with Crippen LogP contribution in [0.25, 0.3) is 10.9 Å². The predicted molar refractivity (Wildman–Crippen MR) is 87.3 cm³/mol. The molecule has 4 heteroatoms. The van der Waals surface area contributed by atoms with Crippen LogP contribution in [0.15, 0.2) is 48.7 Å². The molecule has 0 radical (unpaired) electrons. The lowest BCUT2D eigenvalue weighted by Gasteiger charge is -2.11. The number of phenolic OH excluding ortho intramolecular Hbond substituents is 1. The van der Waals surface area contributed by atoms with E-state index in [1.807, 2.05) is 38.1 Å². The minimum absolute atomic E-state index is 0.0964. The average Bonchev–Trinajstić information content (AvgIpc) is 2.52. The molecule has 2 aromatic carbocycles. The Hall–Kier alpha value is -2.88. The summed E-state index contributed by atoms with van der Waals surface area (Å²) in [5.41, 5.74) is 3.49. The number of aromatic hydroxyl groups is 1. The lowest BCUT2D eigenvalue weighted by Crippen LogP contribution is -2.13. The Kier molecular flexibility index (Phi) is 3.51. The monoisotopic (exact) mass is 292 g/mol. The summed E-state index contributed by atoms with van der Waals surface area (Å²) >= 11 is 0. The Morgan fingerprint density at radius 1 is 1.09 bits per heavy atom. The molecule has 3 aromatic rings. The first-order valence-electron chi connectivity index (χ1n) is 7.02. The Balaban J connectivity index is 1.99. The maximum atomic E-state index is 12.4. The summed E-state index contributed by atoms with van der Waals surface area (Å²) in [5.74, 6) is -0.445. The van der Waals surface area contributed by atoms with Gasteiger partial charge in [-0.05, 0) is 43.2 Å². The predicted octanol–water partition coefficient (Wildman–Crippen LogP) is 3.81. The van der Waals surface area contributed by atoms with Gasteiger partial charge in [0, 0.05) is 17.3 Å². The molecule has 0 unspecified atom stereocenters. The number of rotatable bonds is 2. The first kappa shape index (κ1) is 14.1. The highest BCUT2D eigenvalue weighted by Gasteiger charge is 2.15. The van der Waals surface area contributed by atoms with E-state index >= 15 is 0 Å². The van der Waals surface area contributed by atoms with Gasteiger partial charge in [-0.2, -0.15) is 0 Å². The van der Waals surface area contributed by atoms with E-state index in [0.29, 0.717) is 5.52 Å². The summed E-state index contributed by atoms with van der Waals surface area (Å²) in [4.78, 5) is 16.6. The summed E-state index contributed by atoms with van der Waals surface area (Å²) in [6.07, 6.45) is 1.59. The molecule has 4 nitrogen and oxygen atoms in total. The molecule has 1 amide bonds. The van der Waals surface area contributed by atoms with Crippen LogP contribution in [0.5, 0.6) is 5.75 Å². The average molecular weight is 292 g/mol. The molecule has 3 rings (SSSR count). The number of hydrogen-bond donors (Lipinski definition) is 2. The number of nitrogens with zero attached hydrogens (tertiary/aromatic N) is 1. The van der Waals surface area contributed by atoms with Gasteiger partial charge in [0.1, 0.15) is 5.52 Å². The van der Waals surface area contributed by atoms with Crippen molar-refractivity contribution in [2.75, 3.05) is 5.32 Å². The number of aromatic nitrogens is 1. The van der Waals surface area contributed by atoms with E-state index in [1.165, 1.54) is 0 Å². The largest absolute Gasteiger partial charge is 0.505 e. The molecule has 0 saturated carbocycles. The van der Waals surface area contributed by atoms with Gasteiger partial charge in [0.2, 0.25) is 0 Å². The topological polar surface area (TPSA) is 62.2 Å². The number of anilines is 1. The molecule has 0 aliphatic rings. The zero-order valence-corrected chi connectivity index (χ0v) is 12.4. The third-order valence-electron chi connectivity index (χ3n) is 3.85.